The van der Waals surface area contributed by atoms with E-state index in [1.54, 1.807) is 13.2 Å². The molecule has 0 rings (SSSR count). The Bertz CT molecular complexity index is 99.5. The van der Waals surface area contributed by atoms with Gasteiger partial charge in [0.05, 0.1) is 12.2 Å². The fourth-order valence-corrected chi connectivity index (χ4v) is 0.149. The molecule has 0 aliphatic heterocycles. The Labute approximate surface area is 42.3 Å². The zero-order valence-electron chi connectivity index (χ0n) is 4.10. The molecule has 0 saturated carbocycles. The lowest BCUT2D eigenvalue weighted by atomic mass is 10.9. The van der Waals surface area contributed by atoms with Crippen molar-refractivity contribution in [2.45, 2.75) is 0 Å². The van der Waals surface area contributed by atoms with Crippen LogP contribution in [0, 0.1) is 5.41 Å². The number of aliphatic imine (C=N–C) groups is 1. The minimum Gasteiger partial charge on any atom is -0.393 e. The first kappa shape index (κ1) is 5.92. The molecule has 3 heteroatoms. The van der Waals surface area contributed by atoms with E-state index in [1.165, 1.54) is 6.20 Å². The second kappa shape index (κ2) is 4.92. The molecule has 0 aromatic carbocycles. The number of nitrogens with zero attached hydrogens (tertiary/aromatic N) is 1. The van der Waals surface area contributed by atoms with Gasteiger partial charge in [0.2, 0.25) is 0 Å². The van der Waals surface area contributed by atoms with Crippen molar-refractivity contribution in [1.82, 2.24) is 5.32 Å². The highest BCUT2D eigenvalue weighted by molar-refractivity contribution is 5.37. The van der Waals surface area contributed by atoms with E-state index in [4.69, 9.17) is 5.41 Å². The van der Waals surface area contributed by atoms with Gasteiger partial charge in [-0.2, -0.15) is 4.99 Å². The van der Waals surface area contributed by atoms with Crippen LogP contribution in [0.15, 0.2) is 17.4 Å². The fourth-order valence-electron chi connectivity index (χ4n) is 0.149. The molecule has 0 unspecified atom stereocenters. The lowest BCUT2D eigenvalue weighted by Gasteiger charge is -1.75. The maximum Gasteiger partial charge on any atom is 0.0912 e. The lowest BCUT2D eigenvalue weighted by Crippen LogP contribution is -1.89. The van der Waals surface area contributed by atoms with Gasteiger partial charge in [-0.25, -0.2) is 5.41 Å². The molecule has 0 amide bonds. The highest BCUT2D eigenvalue weighted by Crippen LogP contribution is 1.62. The molecule has 0 bridgehead atoms. The SMILES string of the molecule is CN/C=C\N=C=N. The van der Waals surface area contributed by atoms with Gasteiger partial charge in [-0.15, -0.1) is 0 Å². The summed E-state index contributed by atoms with van der Waals surface area (Å²) in [5, 5.41) is 8.99. The molecule has 0 spiro atoms. The molecule has 7 heavy (non-hydrogen) atoms. The van der Waals surface area contributed by atoms with E-state index >= 15 is 0 Å². The van der Waals surface area contributed by atoms with Crippen LogP contribution in [0.4, 0.5) is 0 Å². The van der Waals surface area contributed by atoms with Gasteiger partial charge in [0.1, 0.15) is 0 Å². The summed E-state index contributed by atoms with van der Waals surface area (Å²) in [6.45, 7) is 0. The zero-order valence-corrected chi connectivity index (χ0v) is 4.10. The fraction of sp³-hybridized carbons (Fsp3) is 0.250. The molecule has 0 radical (unpaired) electrons. The maximum atomic E-state index is 6.29. The van der Waals surface area contributed by atoms with Gasteiger partial charge in [0.15, 0.2) is 0 Å². The van der Waals surface area contributed by atoms with Gasteiger partial charge < -0.3 is 5.32 Å². The van der Waals surface area contributed by atoms with Gasteiger partial charge in [-0.3, -0.25) is 0 Å². The normalized spacial score (nSPS) is 8.14. The van der Waals surface area contributed by atoms with Crippen LogP contribution >= 0.6 is 0 Å². The van der Waals surface area contributed by atoms with E-state index < -0.39 is 0 Å². The standard InChI is InChI=1S/C4H7N3/c1-6-2-3-7-4-5/h2-3,5-6H,1H3/b3-2-. The Morgan fingerprint density at radius 1 is 1.86 bits per heavy atom. The second-order valence-corrected chi connectivity index (χ2v) is 0.845. The molecule has 0 aliphatic carbocycles. The highest BCUT2D eigenvalue weighted by atomic mass is 14.8. The van der Waals surface area contributed by atoms with Gasteiger partial charge in [-0.1, -0.05) is 0 Å². The summed E-state index contributed by atoms with van der Waals surface area (Å²) in [5.74, 6) is 0. The summed E-state index contributed by atoms with van der Waals surface area (Å²) < 4.78 is 0. The van der Waals surface area contributed by atoms with Gasteiger partial charge in [0.25, 0.3) is 0 Å². The van der Waals surface area contributed by atoms with E-state index in [-0.39, 0.29) is 0 Å². The van der Waals surface area contributed by atoms with E-state index in [9.17, 15) is 0 Å². The summed E-state index contributed by atoms with van der Waals surface area (Å²) in [6.07, 6.45) is 3.06. The largest absolute Gasteiger partial charge is 0.393 e. The van der Waals surface area contributed by atoms with Crippen molar-refractivity contribution < 1.29 is 0 Å². The smallest absolute Gasteiger partial charge is 0.0912 e. The molecular formula is C4H7N3. The maximum absolute atomic E-state index is 6.29. The first-order valence-corrected chi connectivity index (χ1v) is 1.85. The summed E-state index contributed by atoms with van der Waals surface area (Å²) in [4.78, 5) is 3.34. The van der Waals surface area contributed by atoms with Crippen molar-refractivity contribution in [3.63, 3.8) is 0 Å². The Hall–Kier alpha value is -1.08. The second-order valence-electron chi connectivity index (χ2n) is 0.845. The minimum atomic E-state index is 1.45. The van der Waals surface area contributed by atoms with Crippen molar-refractivity contribution in [2.75, 3.05) is 7.05 Å². The third-order valence-electron chi connectivity index (χ3n) is 0.380. The van der Waals surface area contributed by atoms with Crippen LogP contribution in [0.3, 0.4) is 0 Å². The summed E-state index contributed by atoms with van der Waals surface area (Å²) in [6, 6.07) is 1.85. The Morgan fingerprint density at radius 2 is 2.57 bits per heavy atom. The molecule has 0 fully saturated rings. The summed E-state index contributed by atoms with van der Waals surface area (Å²) >= 11 is 0. The van der Waals surface area contributed by atoms with Crippen LogP contribution < -0.4 is 5.32 Å². The van der Waals surface area contributed by atoms with Gasteiger partial charge in [-0.05, 0) is 0 Å². The molecule has 0 aliphatic rings. The summed E-state index contributed by atoms with van der Waals surface area (Å²) in [5.41, 5.74) is 0. The lowest BCUT2D eigenvalue weighted by molar-refractivity contribution is 1.09. The van der Waals surface area contributed by atoms with Crippen LogP contribution in [-0.4, -0.2) is 13.1 Å². The number of hydrogen-bond donors (Lipinski definition) is 2. The highest BCUT2D eigenvalue weighted by Gasteiger charge is 1.53. The Kier molecular flexibility index (Phi) is 4.16. The minimum absolute atomic E-state index is 1.45. The van der Waals surface area contributed by atoms with E-state index in [0.717, 1.165) is 0 Å². The quantitative estimate of drug-likeness (QED) is 0.482. The molecule has 3 nitrogen and oxygen atoms in total. The molecule has 0 aromatic rings. The van der Waals surface area contributed by atoms with E-state index in [1.807, 2.05) is 6.01 Å². The first-order valence-electron chi connectivity index (χ1n) is 1.85. The van der Waals surface area contributed by atoms with Crippen molar-refractivity contribution in [1.29, 1.82) is 5.41 Å². The van der Waals surface area contributed by atoms with Crippen LogP contribution in [-0.2, 0) is 0 Å². The number of rotatable bonds is 2. The summed E-state index contributed by atoms with van der Waals surface area (Å²) in [7, 11) is 1.76. The van der Waals surface area contributed by atoms with Gasteiger partial charge in [0, 0.05) is 13.2 Å². The van der Waals surface area contributed by atoms with E-state index in [2.05, 4.69) is 10.3 Å². The molecule has 0 atom stereocenters. The zero-order chi connectivity index (χ0) is 5.54. The van der Waals surface area contributed by atoms with Crippen molar-refractivity contribution in [2.24, 2.45) is 4.99 Å². The molecule has 0 aromatic heterocycles. The van der Waals surface area contributed by atoms with Crippen LogP contribution in [0.2, 0.25) is 0 Å². The average Bonchev–Trinajstić information content (AvgIpc) is 1.69. The third kappa shape index (κ3) is 4.92. The predicted octanol–water partition coefficient (Wildman–Crippen LogP) is 0.430. The molecule has 0 saturated heterocycles. The van der Waals surface area contributed by atoms with Crippen LogP contribution in [0.5, 0.6) is 0 Å². The van der Waals surface area contributed by atoms with Crippen LogP contribution in [0.1, 0.15) is 0 Å². The Morgan fingerprint density at radius 3 is 3.00 bits per heavy atom. The monoisotopic (exact) mass is 97.1 g/mol. The van der Waals surface area contributed by atoms with Crippen molar-refractivity contribution in [3.8, 4) is 0 Å². The number of nitrogens with one attached hydrogen (secondary N) is 2. The molecule has 38 valence electrons. The predicted molar refractivity (Wildman–Crippen MR) is 28.4 cm³/mol. The molecular weight excluding hydrogens is 90.1 g/mol. The van der Waals surface area contributed by atoms with Crippen molar-refractivity contribution >= 4 is 6.01 Å². The molecule has 0 heterocycles. The topological polar surface area (TPSA) is 48.2 Å². The van der Waals surface area contributed by atoms with Crippen molar-refractivity contribution in [3.05, 3.63) is 12.4 Å². The van der Waals surface area contributed by atoms with E-state index in [0.29, 0.717) is 0 Å². The average molecular weight is 97.1 g/mol. The molecule has 2 N–H and O–H groups in total. The van der Waals surface area contributed by atoms with Gasteiger partial charge >= 0.3 is 0 Å². The van der Waals surface area contributed by atoms with Crippen LogP contribution in [0.25, 0.3) is 0 Å². The first-order chi connectivity index (χ1) is 3.41. The number of hydrogen-bond acceptors (Lipinski definition) is 3. The Balaban J connectivity index is 3.27. The third-order valence-corrected chi connectivity index (χ3v) is 0.380.